The summed E-state index contributed by atoms with van der Waals surface area (Å²) in [5, 5.41) is 5.63. The van der Waals surface area contributed by atoms with E-state index in [1.807, 2.05) is 39.0 Å². The van der Waals surface area contributed by atoms with Gasteiger partial charge in [-0.3, -0.25) is 14.4 Å². The van der Waals surface area contributed by atoms with Gasteiger partial charge in [0.1, 0.15) is 0 Å². The van der Waals surface area contributed by atoms with E-state index in [-0.39, 0.29) is 23.8 Å². The molecule has 0 heterocycles. The van der Waals surface area contributed by atoms with Gasteiger partial charge in [0.15, 0.2) is 6.10 Å². The molecule has 27 heavy (non-hydrogen) atoms. The smallest absolute Gasteiger partial charge is 0.313 e. The van der Waals surface area contributed by atoms with Crippen molar-refractivity contribution in [3.05, 3.63) is 30.3 Å². The first kappa shape index (κ1) is 20.9. The van der Waals surface area contributed by atoms with Gasteiger partial charge in [-0.1, -0.05) is 31.0 Å². The van der Waals surface area contributed by atoms with Crippen molar-refractivity contribution in [3.8, 4) is 0 Å². The summed E-state index contributed by atoms with van der Waals surface area (Å²) in [7, 11) is 0. The van der Waals surface area contributed by atoms with Crippen molar-refractivity contribution in [2.75, 3.05) is 5.32 Å². The summed E-state index contributed by atoms with van der Waals surface area (Å²) in [6.45, 7) is 7.26. The van der Waals surface area contributed by atoms with Crippen molar-refractivity contribution < 1.29 is 19.1 Å². The molecule has 2 rings (SSSR count). The lowest BCUT2D eigenvalue weighted by molar-refractivity contribution is -0.165. The molecular formula is C21H30N2O4. The minimum absolute atomic E-state index is 0.0934. The predicted molar refractivity (Wildman–Crippen MR) is 104 cm³/mol. The van der Waals surface area contributed by atoms with Crippen molar-refractivity contribution in [2.24, 2.45) is 5.41 Å². The first-order chi connectivity index (χ1) is 12.6. The van der Waals surface area contributed by atoms with Gasteiger partial charge in [-0.25, -0.2) is 0 Å². The van der Waals surface area contributed by atoms with Crippen LogP contribution in [0.2, 0.25) is 0 Å². The molecule has 148 valence electrons. The minimum atomic E-state index is -0.930. The number of hydrogen-bond donors (Lipinski definition) is 2. The van der Waals surface area contributed by atoms with Crippen molar-refractivity contribution in [1.82, 2.24) is 5.32 Å². The molecule has 0 aromatic heterocycles. The number of para-hydroxylation sites is 1. The molecule has 1 aliphatic carbocycles. The number of ether oxygens (including phenoxy) is 1. The topological polar surface area (TPSA) is 84.5 Å². The highest BCUT2D eigenvalue weighted by Crippen LogP contribution is 2.42. The fourth-order valence-corrected chi connectivity index (χ4v) is 3.38. The standard InChI is InChI=1S/C21H30N2O4/c1-15(18(25)22-16-10-6-5-7-11-16)27-19(26)21(12-8-9-13-21)14-17(24)23-20(2,3)4/h5-7,10-11,15H,8-9,12-14H2,1-4H3,(H,22,25)(H,23,24). The highest BCUT2D eigenvalue weighted by molar-refractivity contribution is 5.96. The molecule has 1 aromatic rings. The Hall–Kier alpha value is -2.37. The largest absolute Gasteiger partial charge is 0.452 e. The quantitative estimate of drug-likeness (QED) is 0.747. The zero-order valence-electron chi connectivity index (χ0n) is 16.6. The third-order valence-corrected chi connectivity index (χ3v) is 4.70. The number of hydrogen-bond acceptors (Lipinski definition) is 4. The molecule has 0 spiro atoms. The van der Waals surface area contributed by atoms with Crippen LogP contribution in [0.15, 0.2) is 30.3 Å². The van der Waals surface area contributed by atoms with E-state index in [2.05, 4.69) is 10.6 Å². The van der Waals surface area contributed by atoms with E-state index in [0.717, 1.165) is 12.8 Å². The van der Waals surface area contributed by atoms with Crippen LogP contribution >= 0.6 is 0 Å². The van der Waals surface area contributed by atoms with Crippen molar-refractivity contribution in [3.63, 3.8) is 0 Å². The van der Waals surface area contributed by atoms with E-state index in [9.17, 15) is 14.4 Å². The van der Waals surface area contributed by atoms with E-state index in [4.69, 9.17) is 4.74 Å². The number of esters is 1. The van der Waals surface area contributed by atoms with Gasteiger partial charge in [0.25, 0.3) is 5.91 Å². The predicted octanol–water partition coefficient (Wildman–Crippen LogP) is 3.42. The van der Waals surface area contributed by atoms with E-state index in [0.29, 0.717) is 18.5 Å². The van der Waals surface area contributed by atoms with Crippen molar-refractivity contribution in [2.45, 2.75) is 71.4 Å². The maximum atomic E-state index is 12.9. The molecule has 1 unspecified atom stereocenters. The summed E-state index contributed by atoms with van der Waals surface area (Å²) in [6, 6.07) is 9.01. The molecule has 0 radical (unpaired) electrons. The average molecular weight is 374 g/mol. The Bertz CT molecular complexity index is 673. The molecule has 2 amide bonds. The van der Waals surface area contributed by atoms with Gasteiger partial charge in [-0.15, -0.1) is 0 Å². The molecule has 2 N–H and O–H groups in total. The van der Waals surface area contributed by atoms with Gasteiger partial charge < -0.3 is 15.4 Å². The number of nitrogens with one attached hydrogen (secondary N) is 2. The van der Waals surface area contributed by atoms with Crippen LogP contribution in [0.25, 0.3) is 0 Å². The van der Waals surface area contributed by atoms with Crippen LogP contribution in [-0.4, -0.2) is 29.4 Å². The molecule has 1 saturated carbocycles. The number of carbonyl (C=O) groups is 3. The first-order valence-corrected chi connectivity index (χ1v) is 9.49. The Kier molecular flexibility index (Phi) is 6.63. The van der Waals surface area contributed by atoms with Crippen LogP contribution in [0.5, 0.6) is 0 Å². The van der Waals surface area contributed by atoms with Crippen molar-refractivity contribution >= 4 is 23.5 Å². The SMILES string of the molecule is CC(OC(=O)C1(CC(=O)NC(C)(C)C)CCCC1)C(=O)Nc1ccccc1. The zero-order valence-corrected chi connectivity index (χ0v) is 16.6. The lowest BCUT2D eigenvalue weighted by atomic mass is 9.82. The lowest BCUT2D eigenvalue weighted by Crippen LogP contribution is -2.45. The summed E-state index contributed by atoms with van der Waals surface area (Å²) in [5.41, 5.74) is -0.550. The highest BCUT2D eigenvalue weighted by Gasteiger charge is 2.45. The Balaban J connectivity index is 1.99. The maximum Gasteiger partial charge on any atom is 0.313 e. The molecular weight excluding hydrogens is 344 g/mol. The number of carbonyl (C=O) groups excluding carboxylic acids is 3. The van der Waals surface area contributed by atoms with Gasteiger partial charge in [0.2, 0.25) is 5.91 Å². The third kappa shape index (κ3) is 6.08. The second-order valence-corrected chi connectivity index (χ2v) is 8.37. The van der Waals surface area contributed by atoms with Crippen LogP contribution in [-0.2, 0) is 19.1 Å². The number of amides is 2. The zero-order chi connectivity index (χ0) is 20.1. The third-order valence-electron chi connectivity index (χ3n) is 4.70. The number of rotatable bonds is 6. The fraction of sp³-hybridized carbons (Fsp3) is 0.571. The summed E-state index contributed by atoms with van der Waals surface area (Å²) in [4.78, 5) is 37.5. The number of benzene rings is 1. The van der Waals surface area contributed by atoms with Gasteiger partial charge in [-0.05, 0) is 52.7 Å². The average Bonchev–Trinajstić information content (AvgIpc) is 3.03. The molecule has 6 heteroatoms. The van der Waals surface area contributed by atoms with Crippen LogP contribution in [0, 0.1) is 5.41 Å². The summed E-state index contributed by atoms with van der Waals surface area (Å²) in [5.74, 6) is -1.01. The molecule has 0 saturated heterocycles. The molecule has 6 nitrogen and oxygen atoms in total. The first-order valence-electron chi connectivity index (χ1n) is 9.49. The molecule has 1 fully saturated rings. The van der Waals surface area contributed by atoms with Crippen LogP contribution in [0.4, 0.5) is 5.69 Å². The van der Waals surface area contributed by atoms with Gasteiger partial charge in [-0.2, -0.15) is 0 Å². The van der Waals surface area contributed by atoms with Gasteiger partial charge in [0.05, 0.1) is 5.41 Å². The molecule has 1 aromatic carbocycles. The minimum Gasteiger partial charge on any atom is -0.452 e. The Labute approximate surface area is 161 Å². The van der Waals surface area contributed by atoms with E-state index >= 15 is 0 Å². The van der Waals surface area contributed by atoms with Gasteiger partial charge >= 0.3 is 5.97 Å². The Morgan fingerprint density at radius 3 is 2.26 bits per heavy atom. The van der Waals surface area contributed by atoms with E-state index in [1.165, 1.54) is 0 Å². The summed E-state index contributed by atoms with van der Waals surface area (Å²) in [6.07, 6.45) is 2.13. The highest BCUT2D eigenvalue weighted by atomic mass is 16.5. The molecule has 1 atom stereocenters. The molecule has 0 aliphatic heterocycles. The Morgan fingerprint density at radius 2 is 1.70 bits per heavy atom. The second-order valence-electron chi connectivity index (χ2n) is 8.37. The molecule has 0 bridgehead atoms. The lowest BCUT2D eigenvalue weighted by Gasteiger charge is -2.29. The fourth-order valence-electron chi connectivity index (χ4n) is 3.38. The van der Waals surface area contributed by atoms with Crippen LogP contribution < -0.4 is 10.6 Å². The Morgan fingerprint density at radius 1 is 1.11 bits per heavy atom. The van der Waals surface area contributed by atoms with Crippen LogP contribution in [0.1, 0.15) is 59.8 Å². The van der Waals surface area contributed by atoms with Crippen molar-refractivity contribution in [1.29, 1.82) is 0 Å². The van der Waals surface area contributed by atoms with Crippen LogP contribution in [0.3, 0.4) is 0 Å². The molecule has 1 aliphatic rings. The normalized spacial score (nSPS) is 17.0. The van der Waals surface area contributed by atoms with E-state index < -0.39 is 17.5 Å². The van der Waals surface area contributed by atoms with Gasteiger partial charge in [0, 0.05) is 17.6 Å². The summed E-state index contributed by atoms with van der Waals surface area (Å²) < 4.78 is 5.47. The maximum absolute atomic E-state index is 12.9. The van der Waals surface area contributed by atoms with E-state index in [1.54, 1.807) is 19.1 Å². The second kappa shape index (κ2) is 8.55. The summed E-state index contributed by atoms with van der Waals surface area (Å²) >= 11 is 0. The monoisotopic (exact) mass is 374 g/mol. The number of anilines is 1.